The van der Waals surface area contributed by atoms with Crippen LogP contribution in [-0.2, 0) is 16.4 Å². The van der Waals surface area contributed by atoms with Crippen LogP contribution in [0.4, 0.5) is 11.4 Å². The summed E-state index contributed by atoms with van der Waals surface area (Å²) in [5.41, 5.74) is 2.51. The van der Waals surface area contributed by atoms with E-state index in [1.807, 2.05) is 6.07 Å². The van der Waals surface area contributed by atoms with Gasteiger partial charge in [0.1, 0.15) is 0 Å². The van der Waals surface area contributed by atoms with Gasteiger partial charge in [-0.05, 0) is 48.7 Å². The van der Waals surface area contributed by atoms with Gasteiger partial charge >= 0.3 is 0 Å². The quantitative estimate of drug-likeness (QED) is 0.848. The van der Waals surface area contributed by atoms with Gasteiger partial charge in [-0.15, -0.1) is 0 Å². The Morgan fingerprint density at radius 3 is 2.48 bits per heavy atom. The molecule has 0 aromatic heterocycles. The lowest BCUT2D eigenvalue weighted by atomic mass is 10.0. The molecule has 0 aliphatic carbocycles. The number of amides is 1. The summed E-state index contributed by atoms with van der Waals surface area (Å²) in [4.78, 5) is 12.6. The van der Waals surface area contributed by atoms with Gasteiger partial charge in [-0.1, -0.05) is 6.07 Å². The number of hydrogen-bond acceptors (Lipinski definition) is 5. The molecule has 0 atom stereocenters. The minimum atomic E-state index is -3.36. The van der Waals surface area contributed by atoms with Crippen LogP contribution in [-0.4, -0.2) is 41.3 Å². The maximum Gasteiger partial charge on any atom is 0.255 e. The molecule has 0 saturated heterocycles. The van der Waals surface area contributed by atoms with Crippen LogP contribution < -0.4 is 19.1 Å². The van der Waals surface area contributed by atoms with Crippen molar-refractivity contribution < 1.29 is 22.7 Å². The fourth-order valence-corrected chi connectivity index (χ4v) is 4.13. The second-order valence-corrected chi connectivity index (χ2v) is 8.21. The van der Waals surface area contributed by atoms with Crippen LogP contribution in [0.15, 0.2) is 36.4 Å². The Labute approximate surface area is 158 Å². The standard InChI is InChI=1S/C19H22N2O5S/c1-25-17-9-7-14(11-18(17)26-2)19(22)20-15-8-6-13-5-4-10-21(16(13)12-15)27(3,23)24/h6-9,11-12H,4-5,10H2,1-3H3,(H,20,22). The smallest absolute Gasteiger partial charge is 0.255 e. The van der Waals surface area contributed by atoms with Crippen LogP contribution in [0, 0.1) is 0 Å². The van der Waals surface area contributed by atoms with Gasteiger partial charge < -0.3 is 14.8 Å². The fraction of sp³-hybridized carbons (Fsp3) is 0.316. The Bertz CT molecular complexity index is 972. The van der Waals surface area contributed by atoms with E-state index in [0.29, 0.717) is 35.0 Å². The molecule has 0 bridgehead atoms. The van der Waals surface area contributed by atoms with Gasteiger partial charge in [-0.25, -0.2) is 8.42 Å². The van der Waals surface area contributed by atoms with Crippen molar-refractivity contribution in [1.29, 1.82) is 0 Å². The maximum absolute atomic E-state index is 12.6. The normalized spacial score (nSPS) is 13.7. The summed E-state index contributed by atoms with van der Waals surface area (Å²) in [6.45, 7) is 0.443. The second-order valence-electron chi connectivity index (χ2n) is 6.31. The molecule has 3 rings (SSSR count). The Morgan fingerprint density at radius 1 is 1.07 bits per heavy atom. The van der Waals surface area contributed by atoms with Crippen molar-refractivity contribution in [3.8, 4) is 11.5 Å². The molecule has 0 spiro atoms. The largest absolute Gasteiger partial charge is 0.493 e. The lowest BCUT2D eigenvalue weighted by Gasteiger charge is -2.29. The van der Waals surface area contributed by atoms with Gasteiger partial charge in [0.05, 0.1) is 26.2 Å². The van der Waals surface area contributed by atoms with E-state index in [1.165, 1.54) is 24.8 Å². The van der Waals surface area contributed by atoms with Crippen LogP contribution in [0.25, 0.3) is 0 Å². The van der Waals surface area contributed by atoms with E-state index in [1.54, 1.807) is 30.3 Å². The molecule has 27 heavy (non-hydrogen) atoms. The van der Waals surface area contributed by atoms with E-state index >= 15 is 0 Å². The Balaban J connectivity index is 1.87. The molecule has 0 unspecified atom stereocenters. The van der Waals surface area contributed by atoms with E-state index in [9.17, 15) is 13.2 Å². The van der Waals surface area contributed by atoms with Crippen molar-refractivity contribution in [1.82, 2.24) is 0 Å². The Morgan fingerprint density at radius 2 is 1.81 bits per heavy atom. The highest BCUT2D eigenvalue weighted by atomic mass is 32.2. The number of rotatable bonds is 5. The number of sulfonamides is 1. The molecule has 8 heteroatoms. The van der Waals surface area contributed by atoms with Crippen LogP contribution in [0.5, 0.6) is 11.5 Å². The zero-order chi connectivity index (χ0) is 19.6. The predicted molar refractivity (Wildman–Crippen MR) is 104 cm³/mol. The highest BCUT2D eigenvalue weighted by molar-refractivity contribution is 7.92. The minimum Gasteiger partial charge on any atom is -0.493 e. The van der Waals surface area contributed by atoms with Crippen LogP contribution >= 0.6 is 0 Å². The maximum atomic E-state index is 12.6. The first kappa shape index (κ1) is 19.0. The molecule has 7 nitrogen and oxygen atoms in total. The molecule has 2 aromatic carbocycles. The van der Waals surface area contributed by atoms with Crippen molar-refractivity contribution in [2.24, 2.45) is 0 Å². The number of carbonyl (C=O) groups excluding carboxylic acids is 1. The zero-order valence-electron chi connectivity index (χ0n) is 15.5. The summed E-state index contributed by atoms with van der Waals surface area (Å²) in [6, 6.07) is 10.2. The van der Waals surface area contributed by atoms with Gasteiger partial charge in [-0.3, -0.25) is 9.10 Å². The number of ether oxygens (including phenoxy) is 2. The number of hydrogen-bond donors (Lipinski definition) is 1. The molecule has 1 amide bonds. The van der Waals surface area contributed by atoms with Gasteiger partial charge in [-0.2, -0.15) is 0 Å². The average Bonchev–Trinajstić information content (AvgIpc) is 2.66. The lowest BCUT2D eigenvalue weighted by Crippen LogP contribution is -2.34. The van der Waals surface area contributed by atoms with Crippen molar-refractivity contribution in [3.05, 3.63) is 47.5 Å². The van der Waals surface area contributed by atoms with Crippen molar-refractivity contribution in [2.75, 3.05) is 36.6 Å². The molecular formula is C19H22N2O5S. The molecule has 0 fully saturated rings. The third kappa shape index (κ3) is 4.00. The molecular weight excluding hydrogens is 368 g/mol. The Hall–Kier alpha value is -2.74. The van der Waals surface area contributed by atoms with Crippen LogP contribution in [0.2, 0.25) is 0 Å². The second kappa shape index (κ2) is 7.48. The third-order valence-corrected chi connectivity index (χ3v) is 5.65. The van der Waals surface area contributed by atoms with E-state index in [0.717, 1.165) is 18.4 Å². The number of benzene rings is 2. The lowest BCUT2D eigenvalue weighted by molar-refractivity contribution is 0.102. The Kier molecular flexibility index (Phi) is 5.27. The van der Waals surface area contributed by atoms with E-state index < -0.39 is 10.0 Å². The highest BCUT2D eigenvalue weighted by Crippen LogP contribution is 2.32. The predicted octanol–water partition coefficient (Wildman–Crippen LogP) is 2.67. The van der Waals surface area contributed by atoms with E-state index in [4.69, 9.17) is 9.47 Å². The van der Waals surface area contributed by atoms with Crippen molar-refractivity contribution >= 4 is 27.3 Å². The van der Waals surface area contributed by atoms with Crippen molar-refractivity contribution in [2.45, 2.75) is 12.8 Å². The molecule has 2 aromatic rings. The summed E-state index contributed by atoms with van der Waals surface area (Å²) < 4.78 is 35.9. The van der Waals surface area contributed by atoms with Gasteiger partial charge in [0, 0.05) is 17.8 Å². The molecule has 0 radical (unpaired) electrons. The number of methoxy groups -OCH3 is 2. The molecule has 1 heterocycles. The highest BCUT2D eigenvalue weighted by Gasteiger charge is 2.24. The number of anilines is 2. The van der Waals surface area contributed by atoms with Crippen molar-refractivity contribution in [3.63, 3.8) is 0 Å². The number of fused-ring (bicyclic) bond motifs is 1. The summed E-state index contributed by atoms with van der Waals surface area (Å²) in [5.74, 6) is 0.670. The molecule has 0 saturated carbocycles. The minimum absolute atomic E-state index is 0.322. The first-order valence-electron chi connectivity index (χ1n) is 8.47. The zero-order valence-corrected chi connectivity index (χ0v) is 16.3. The van der Waals surface area contributed by atoms with E-state index in [2.05, 4.69) is 5.32 Å². The molecule has 1 N–H and O–H groups in total. The number of carbonyl (C=O) groups is 1. The number of nitrogens with one attached hydrogen (secondary N) is 1. The number of nitrogens with zero attached hydrogens (tertiary/aromatic N) is 1. The summed E-state index contributed by atoms with van der Waals surface area (Å²) in [7, 11) is -0.334. The monoisotopic (exact) mass is 390 g/mol. The number of aryl methyl sites for hydroxylation is 1. The summed E-state index contributed by atoms with van der Waals surface area (Å²) in [5, 5.41) is 2.81. The molecule has 144 valence electrons. The fourth-order valence-electron chi connectivity index (χ4n) is 3.14. The average molecular weight is 390 g/mol. The van der Waals surface area contributed by atoms with Crippen LogP contribution in [0.1, 0.15) is 22.3 Å². The summed E-state index contributed by atoms with van der Waals surface area (Å²) >= 11 is 0. The van der Waals surface area contributed by atoms with Crippen LogP contribution in [0.3, 0.4) is 0 Å². The van der Waals surface area contributed by atoms with Gasteiger partial charge in [0.25, 0.3) is 5.91 Å². The van der Waals surface area contributed by atoms with E-state index in [-0.39, 0.29) is 5.91 Å². The first-order valence-corrected chi connectivity index (χ1v) is 10.3. The third-order valence-electron chi connectivity index (χ3n) is 4.47. The topological polar surface area (TPSA) is 84.9 Å². The molecule has 1 aliphatic rings. The van der Waals surface area contributed by atoms with Gasteiger partial charge in [0.2, 0.25) is 10.0 Å². The van der Waals surface area contributed by atoms with Gasteiger partial charge in [0.15, 0.2) is 11.5 Å². The SMILES string of the molecule is COc1ccc(C(=O)Nc2ccc3c(c2)N(S(C)(=O)=O)CCC3)cc1OC. The summed E-state index contributed by atoms with van der Waals surface area (Å²) in [6.07, 6.45) is 2.78. The first-order chi connectivity index (χ1) is 12.8. The molecule has 1 aliphatic heterocycles.